The molecule has 14 heavy (non-hydrogen) atoms. The molecule has 0 atom stereocenters. The molecule has 0 saturated carbocycles. The second kappa shape index (κ2) is 3.14. The van der Waals surface area contributed by atoms with Crippen molar-refractivity contribution in [2.75, 3.05) is 6.61 Å². The Bertz CT molecular complexity index is 440. The Balaban J connectivity index is 2.53. The molecule has 0 aliphatic carbocycles. The van der Waals surface area contributed by atoms with Gasteiger partial charge in [-0.1, -0.05) is 19.9 Å². The van der Waals surface area contributed by atoms with Gasteiger partial charge in [-0.15, -0.1) is 0 Å². The second-order valence-corrected chi connectivity index (χ2v) is 4.22. The van der Waals surface area contributed by atoms with E-state index in [9.17, 15) is 5.11 Å². The van der Waals surface area contributed by atoms with E-state index in [1.54, 1.807) is 6.26 Å². The lowest BCUT2D eigenvalue weighted by Gasteiger charge is -2.21. The van der Waals surface area contributed by atoms with Crippen LogP contribution in [0.3, 0.4) is 0 Å². The molecule has 2 nitrogen and oxygen atoms in total. The molecule has 1 N–H and O–H groups in total. The van der Waals surface area contributed by atoms with E-state index in [2.05, 4.69) is 6.07 Å². The van der Waals surface area contributed by atoms with Crippen LogP contribution in [0, 0.1) is 0 Å². The maximum absolute atomic E-state index is 9.25. The van der Waals surface area contributed by atoms with Crippen molar-refractivity contribution in [1.29, 1.82) is 0 Å². The number of aliphatic hydroxyl groups is 1. The van der Waals surface area contributed by atoms with Crippen LogP contribution in [0.25, 0.3) is 11.0 Å². The summed E-state index contributed by atoms with van der Waals surface area (Å²) in [6.07, 6.45) is 1.68. The van der Waals surface area contributed by atoms with E-state index >= 15 is 0 Å². The van der Waals surface area contributed by atoms with Crippen molar-refractivity contribution >= 4 is 11.0 Å². The molecule has 74 valence electrons. The van der Waals surface area contributed by atoms with Crippen molar-refractivity contribution in [3.63, 3.8) is 0 Å². The molecule has 1 aromatic heterocycles. The summed E-state index contributed by atoms with van der Waals surface area (Å²) in [5.74, 6) is 0. The summed E-state index contributed by atoms with van der Waals surface area (Å²) in [6, 6.07) is 7.95. The Morgan fingerprint density at radius 1 is 1.29 bits per heavy atom. The van der Waals surface area contributed by atoms with E-state index in [0.29, 0.717) is 0 Å². The molecule has 0 bridgehead atoms. The minimum absolute atomic E-state index is 0.149. The first-order chi connectivity index (χ1) is 6.63. The quantitative estimate of drug-likeness (QED) is 0.789. The van der Waals surface area contributed by atoms with Crippen molar-refractivity contribution < 1.29 is 9.52 Å². The predicted molar refractivity (Wildman–Crippen MR) is 56.3 cm³/mol. The SMILES string of the molecule is CC(C)(CO)c1ccc2occc2c1. The summed E-state index contributed by atoms with van der Waals surface area (Å²) >= 11 is 0. The molecule has 0 amide bonds. The van der Waals surface area contributed by atoms with Crippen molar-refractivity contribution in [2.24, 2.45) is 0 Å². The normalized spacial score (nSPS) is 12.2. The molecule has 2 rings (SSSR count). The average molecular weight is 190 g/mol. The fourth-order valence-corrected chi connectivity index (χ4v) is 1.48. The summed E-state index contributed by atoms with van der Waals surface area (Å²) < 4.78 is 5.26. The highest BCUT2D eigenvalue weighted by atomic mass is 16.3. The first kappa shape index (κ1) is 9.28. The zero-order valence-corrected chi connectivity index (χ0v) is 8.45. The van der Waals surface area contributed by atoms with Gasteiger partial charge >= 0.3 is 0 Å². The van der Waals surface area contributed by atoms with Crippen LogP contribution in [-0.4, -0.2) is 11.7 Å². The fraction of sp³-hybridized carbons (Fsp3) is 0.333. The minimum atomic E-state index is -0.189. The van der Waals surface area contributed by atoms with Crippen molar-refractivity contribution in [3.05, 3.63) is 36.1 Å². The first-order valence-electron chi connectivity index (χ1n) is 4.72. The molecule has 0 saturated heterocycles. The second-order valence-electron chi connectivity index (χ2n) is 4.22. The highest BCUT2D eigenvalue weighted by molar-refractivity contribution is 5.78. The number of aliphatic hydroxyl groups excluding tert-OH is 1. The smallest absolute Gasteiger partial charge is 0.133 e. The molecule has 2 heteroatoms. The van der Waals surface area contributed by atoms with Gasteiger partial charge in [0.25, 0.3) is 0 Å². The van der Waals surface area contributed by atoms with Gasteiger partial charge in [-0.05, 0) is 23.8 Å². The Kier molecular flexibility index (Phi) is 2.08. The number of furan rings is 1. The fourth-order valence-electron chi connectivity index (χ4n) is 1.48. The number of hydrogen-bond acceptors (Lipinski definition) is 2. The molecule has 0 radical (unpaired) electrons. The summed E-state index contributed by atoms with van der Waals surface area (Å²) in [5, 5.41) is 10.3. The molecule has 0 aliphatic rings. The number of hydrogen-bond donors (Lipinski definition) is 1. The summed E-state index contributed by atoms with van der Waals surface area (Å²) in [4.78, 5) is 0. The maximum Gasteiger partial charge on any atom is 0.133 e. The monoisotopic (exact) mass is 190 g/mol. The zero-order chi connectivity index (χ0) is 10.2. The van der Waals surface area contributed by atoms with E-state index in [4.69, 9.17) is 4.42 Å². The third-order valence-corrected chi connectivity index (χ3v) is 2.63. The molecular weight excluding hydrogens is 176 g/mol. The van der Waals surface area contributed by atoms with Gasteiger partial charge in [0.15, 0.2) is 0 Å². The van der Waals surface area contributed by atoms with Gasteiger partial charge in [0.2, 0.25) is 0 Å². The minimum Gasteiger partial charge on any atom is -0.464 e. The van der Waals surface area contributed by atoms with E-state index in [1.165, 1.54) is 0 Å². The summed E-state index contributed by atoms with van der Waals surface area (Å²) in [7, 11) is 0. The van der Waals surface area contributed by atoms with Gasteiger partial charge in [0.1, 0.15) is 5.58 Å². The van der Waals surface area contributed by atoms with Crippen molar-refractivity contribution in [1.82, 2.24) is 0 Å². The zero-order valence-electron chi connectivity index (χ0n) is 8.45. The van der Waals surface area contributed by atoms with Gasteiger partial charge in [-0.3, -0.25) is 0 Å². The third-order valence-electron chi connectivity index (χ3n) is 2.63. The molecule has 1 heterocycles. The molecule has 0 aliphatic heterocycles. The molecule has 0 unspecified atom stereocenters. The Morgan fingerprint density at radius 3 is 2.79 bits per heavy atom. The number of rotatable bonds is 2. The van der Waals surface area contributed by atoms with Gasteiger partial charge in [-0.2, -0.15) is 0 Å². The Labute approximate surface area is 83.2 Å². The maximum atomic E-state index is 9.25. The van der Waals surface area contributed by atoms with Crippen LogP contribution < -0.4 is 0 Å². The topological polar surface area (TPSA) is 33.4 Å². The van der Waals surface area contributed by atoms with E-state index in [0.717, 1.165) is 16.5 Å². The third kappa shape index (κ3) is 1.42. The first-order valence-corrected chi connectivity index (χ1v) is 4.72. The van der Waals surface area contributed by atoms with Crippen LogP contribution in [-0.2, 0) is 5.41 Å². The molecule has 0 spiro atoms. The Hall–Kier alpha value is -1.28. The largest absolute Gasteiger partial charge is 0.464 e. The lowest BCUT2D eigenvalue weighted by atomic mass is 9.85. The number of benzene rings is 1. The van der Waals surface area contributed by atoms with Crippen LogP contribution in [0.4, 0.5) is 0 Å². The van der Waals surface area contributed by atoms with Gasteiger partial charge in [0, 0.05) is 10.8 Å². The van der Waals surface area contributed by atoms with E-state index in [1.807, 2.05) is 32.0 Å². The lowest BCUT2D eigenvalue weighted by molar-refractivity contribution is 0.218. The highest BCUT2D eigenvalue weighted by Crippen LogP contribution is 2.26. The molecular formula is C12H14O2. The van der Waals surface area contributed by atoms with Gasteiger partial charge in [-0.25, -0.2) is 0 Å². The summed E-state index contributed by atoms with van der Waals surface area (Å²) in [5.41, 5.74) is 1.84. The van der Waals surface area contributed by atoms with E-state index in [-0.39, 0.29) is 12.0 Å². The van der Waals surface area contributed by atoms with Gasteiger partial charge in [0.05, 0.1) is 12.9 Å². The predicted octanol–water partition coefficient (Wildman–Crippen LogP) is 2.70. The van der Waals surface area contributed by atoms with Crippen LogP contribution in [0.1, 0.15) is 19.4 Å². The summed E-state index contributed by atoms with van der Waals surface area (Å²) in [6.45, 7) is 4.19. The van der Waals surface area contributed by atoms with Crippen LogP contribution in [0.5, 0.6) is 0 Å². The Morgan fingerprint density at radius 2 is 2.07 bits per heavy atom. The highest BCUT2D eigenvalue weighted by Gasteiger charge is 2.19. The molecule has 0 fully saturated rings. The van der Waals surface area contributed by atoms with E-state index < -0.39 is 0 Å². The standard InChI is InChI=1S/C12H14O2/c1-12(2,8-13)10-3-4-11-9(7-10)5-6-14-11/h3-7,13H,8H2,1-2H3. The van der Waals surface area contributed by atoms with Gasteiger partial charge < -0.3 is 9.52 Å². The molecule has 1 aromatic carbocycles. The average Bonchev–Trinajstić information content (AvgIpc) is 2.64. The van der Waals surface area contributed by atoms with Crippen LogP contribution in [0.2, 0.25) is 0 Å². The van der Waals surface area contributed by atoms with Crippen molar-refractivity contribution in [3.8, 4) is 0 Å². The number of fused-ring (bicyclic) bond motifs is 1. The lowest BCUT2D eigenvalue weighted by Crippen LogP contribution is -2.21. The van der Waals surface area contributed by atoms with Crippen LogP contribution >= 0.6 is 0 Å². The van der Waals surface area contributed by atoms with Crippen molar-refractivity contribution in [2.45, 2.75) is 19.3 Å². The van der Waals surface area contributed by atoms with Crippen LogP contribution in [0.15, 0.2) is 34.9 Å². The molecule has 2 aromatic rings.